The molecule has 0 aliphatic rings. The van der Waals surface area contributed by atoms with Crippen LogP contribution in [0.3, 0.4) is 0 Å². The van der Waals surface area contributed by atoms with E-state index in [4.69, 9.17) is 0 Å². The number of carbonyl (C=O) groups is 2. The summed E-state index contributed by atoms with van der Waals surface area (Å²) in [6.45, 7) is 7.35. The molecule has 128 valence electrons. The number of aromatic nitrogens is 2. The van der Waals surface area contributed by atoms with Crippen LogP contribution in [0, 0.1) is 6.92 Å². The van der Waals surface area contributed by atoms with Crippen molar-refractivity contribution in [3.05, 3.63) is 47.3 Å². The van der Waals surface area contributed by atoms with E-state index in [9.17, 15) is 9.59 Å². The Bertz CT molecular complexity index is 736. The van der Waals surface area contributed by atoms with Crippen LogP contribution >= 0.6 is 0 Å². The van der Waals surface area contributed by atoms with E-state index in [1.54, 1.807) is 24.3 Å². The van der Waals surface area contributed by atoms with Gasteiger partial charge < -0.3 is 5.32 Å². The standard InChI is InChI=1S/C18H24N4O2/c1-5-22-13(2)16(10-19-22)11-21(4)12-18(24)20-17-8-6-7-15(9-17)14(3)23/h6-10H,5,11-12H2,1-4H3,(H,20,24). The lowest BCUT2D eigenvalue weighted by Gasteiger charge is -2.16. The Morgan fingerprint density at radius 3 is 2.71 bits per heavy atom. The largest absolute Gasteiger partial charge is 0.325 e. The van der Waals surface area contributed by atoms with Gasteiger partial charge in [0.25, 0.3) is 0 Å². The molecule has 0 unspecified atom stereocenters. The lowest BCUT2D eigenvalue weighted by Crippen LogP contribution is -2.30. The van der Waals surface area contributed by atoms with Crippen LogP contribution in [0.15, 0.2) is 30.5 Å². The first-order valence-corrected chi connectivity index (χ1v) is 8.01. The number of amides is 1. The quantitative estimate of drug-likeness (QED) is 0.793. The Kier molecular flexibility index (Phi) is 5.87. The number of carbonyl (C=O) groups excluding carboxylic acids is 2. The first-order valence-electron chi connectivity index (χ1n) is 8.01. The Hall–Kier alpha value is -2.47. The molecule has 1 amide bonds. The van der Waals surface area contributed by atoms with Gasteiger partial charge in [0.15, 0.2) is 5.78 Å². The Morgan fingerprint density at radius 1 is 1.33 bits per heavy atom. The van der Waals surface area contributed by atoms with Gasteiger partial charge in [0.1, 0.15) is 0 Å². The molecule has 1 N–H and O–H groups in total. The highest BCUT2D eigenvalue weighted by Crippen LogP contribution is 2.12. The van der Waals surface area contributed by atoms with Crippen molar-refractivity contribution in [2.24, 2.45) is 0 Å². The molecule has 0 saturated heterocycles. The van der Waals surface area contributed by atoms with Crippen LogP contribution in [0.5, 0.6) is 0 Å². The van der Waals surface area contributed by atoms with Crippen LogP contribution in [-0.4, -0.2) is 40.0 Å². The molecular formula is C18H24N4O2. The number of hydrogen-bond acceptors (Lipinski definition) is 4. The number of rotatable bonds is 7. The van der Waals surface area contributed by atoms with Crippen LogP contribution in [0.4, 0.5) is 5.69 Å². The van der Waals surface area contributed by atoms with Gasteiger partial charge in [-0.15, -0.1) is 0 Å². The summed E-state index contributed by atoms with van der Waals surface area (Å²) >= 11 is 0. The molecule has 2 aromatic rings. The van der Waals surface area contributed by atoms with Crippen molar-refractivity contribution in [1.29, 1.82) is 0 Å². The monoisotopic (exact) mass is 328 g/mol. The SMILES string of the molecule is CCn1ncc(CN(C)CC(=O)Nc2cccc(C(C)=O)c2)c1C. The summed E-state index contributed by atoms with van der Waals surface area (Å²) in [6, 6.07) is 6.96. The summed E-state index contributed by atoms with van der Waals surface area (Å²) in [5.74, 6) is -0.134. The minimum atomic E-state index is -0.112. The second-order valence-corrected chi connectivity index (χ2v) is 5.93. The maximum absolute atomic E-state index is 12.2. The molecule has 0 atom stereocenters. The van der Waals surface area contributed by atoms with Crippen LogP contribution in [0.1, 0.15) is 35.5 Å². The van der Waals surface area contributed by atoms with Crippen molar-refractivity contribution >= 4 is 17.4 Å². The van der Waals surface area contributed by atoms with Gasteiger partial charge in [0.2, 0.25) is 5.91 Å². The van der Waals surface area contributed by atoms with Gasteiger partial charge in [0, 0.05) is 35.6 Å². The van der Waals surface area contributed by atoms with Crippen LogP contribution in [0.25, 0.3) is 0 Å². The minimum Gasteiger partial charge on any atom is -0.325 e. The summed E-state index contributed by atoms with van der Waals surface area (Å²) in [7, 11) is 1.90. The van der Waals surface area contributed by atoms with E-state index in [2.05, 4.69) is 17.3 Å². The molecule has 0 spiro atoms. The molecule has 6 nitrogen and oxygen atoms in total. The molecule has 0 aliphatic carbocycles. The lowest BCUT2D eigenvalue weighted by atomic mass is 10.1. The van der Waals surface area contributed by atoms with E-state index in [-0.39, 0.29) is 18.2 Å². The summed E-state index contributed by atoms with van der Waals surface area (Å²) < 4.78 is 1.94. The van der Waals surface area contributed by atoms with Crippen LogP contribution in [-0.2, 0) is 17.9 Å². The first kappa shape index (κ1) is 17.9. The number of Topliss-reactive ketones (excluding diaryl/α,β-unsaturated/α-hetero) is 1. The van der Waals surface area contributed by atoms with Crippen molar-refractivity contribution in [2.45, 2.75) is 33.9 Å². The normalized spacial score (nSPS) is 10.9. The third-order valence-corrected chi connectivity index (χ3v) is 3.91. The van der Waals surface area contributed by atoms with Gasteiger partial charge in [-0.25, -0.2) is 0 Å². The van der Waals surface area contributed by atoms with E-state index >= 15 is 0 Å². The number of nitrogens with zero attached hydrogens (tertiary/aromatic N) is 3. The molecule has 0 fully saturated rings. The maximum Gasteiger partial charge on any atom is 0.238 e. The van der Waals surface area contributed by atoms with Crippen LogP contribution < -0.4 is 5.32 Å². The predicted molar refractivity (Wildman–Crippen MR) is 94.0 cm³/mol. The average molecular weight is 328 g/mol. The molecule has 1 heterocycles. The maximum atomic E-state index is 12.2. The zero-order chi connectivity index (χ0) is 17.7. The predicted octanol–water partition coefficient (Wildman–Crippen LogP) is 2.48. The fraction of sp³-hybridized carbons (Fsp3) is 0.389. The molecule has 2 rings (SSSR count). The smallest absolute Gasteiger partial charge is 0.238 e. The molecule has 1 aromatic carbocycles. The number of anilines is 1. The van der Waals surface area contributed by atoms with Crippen molar-refractivity contribution in [2.75, 3.05) is 18.9 Å². The molecule has 0 bridgehead atoms. The minimum absolute atomic E-state index is 0.0216. The second kappa shape index (κ2) is 7.88. The zero-order valence-corrected chi connectivity index (χ0v) is 14.7. The van der Waals surface area contributed by atoms with Gasteiger partial charge in [0.05, 0.1) is 12.7 Å². The molecule has 0 saturated carbocycles. The zero-order valence-electron chi connectivity index (χ0n) is 14.7. The second-order valence-electron chi connectivity index (χ2n) is 5.93. The van der Waals surface area contributed by atoms with Crippen molar-refractivity contribution < 1.29 is 9.59 Å². The van der Waals surface area contributed by atoms with Crippen LogP contribution in [0.2, 0.25) is 0 Å². The van der Waals surface area contributed by atoms with E-state index in [1.807, 2.05) is 29.7 Å². The lowest BCUT2D eigenvalue weighted by molar-refractivity contribution is -0.117. The van der Waals surface area contributed by atoms with E-state index in [0.717, 1.165) is 17.8 Å². The highest BCUT2D eigenvalue weighted by atomic mass is 16.2. The highest BCUT2D eigenvalue weighted by molar-refractivity contribution is 5.97. The number of nitrogens with one attached hydrogen (secondary N) is 1. The Labute approximate surface area is 142 Å². The molecule has 1 aromatic heterocycles. The number of benzene rings is 1. The van der Waals surface area contributed by atoms with Gasteiger partial charge >= 0.3 is 0 Å². The van der Waals surface area contributed by atoms with Crippen molar-refractivity contribution in [3.63, 3.8) is 0 Å². The fourth-order valence-electron chi connectivity index (χ4n) is 2.57. The van der Waals surface area contributed by atoms with E-state index in [1.165, 1.54) is 6.92 Å². The number of hydrogen-bond donors (Lipinski definition) is 1. The highest BCUT2D eigenvalue weighted by Gasteiger charge is 2.12. The third-order valence-electron chi connectivity index (χ3n) is 3.91. The summed E-state index contributed by atoms with van der Waals surface area (Å²) in [5.41, 5.74) is 3.46. The topological polar surface area (TPSA) is 67.2 Å². The van der Waals surface area contributed by atoms with E-state index < -0.39 is 0 Å². The summed E-state index contributed by atoms with van der Waals surface area (Å²) in [4.78, 5) is 25.5. The van der Waals surface area contributed by atoms with Gasteiger partial charge in [-0.2, -0.15) is 5.10 Å². The molecule has 24 heavy (non-hydrogen) atoms. The summed E-state index contributed by atoms with van der Waals surface area (Å²) in [6.07, 6.45) is 1.85. The molecule has 0 radical (unpaired) electrons. The number of aryl methyl sites for hydroxylation is 1. The fourth-order valence-corrected chi connectivity index (χ4v) is 2.57. The third kappa shape index (κ3) is 4.52. The van der Waals surface area contributed by atoms with Crippen molar-refractivity contribution in [3.8, 4) is 0 Å². The summed E-state index contributed by atoms with van der Waals surface area (Å²) in [5, 5.41) is 7.15. The Morgan fingerprint density at radius 2 is 2.08 bits per heavy atom. The number of ketones is 1. The van der Waals surface area contributed by atoms with E-state index in [0.29, 0.717) is 17.8 Å². The first-order chi connectivity index (χ1) is 11.4. The molecule has 0 aliphatic heterocycles. The molecule has 6 heteroatoms. The average Bonchev–Trinajstić information content (AvgIpc) is 2.87. The molecular weight excluding hydrogens is 304 g/mol. The van der Waals surface area contributed by atoms with Gasteiger partial charge in [-0.1, -0.05) is 12.1 Å². The number of likely N-dealkylation sites (N-methyl/N-ethyl adjacent to an activating group) is 1. The van der Waals surface area contributed by atoms with Gasteiger partial charge in [-0.3, -0.25) is 19.2 Å². The Balaban J connectivity index is 1.93. The van der Waals surface area contributed by atoms with Gasteiger partial charge in [-0.05, 0) is 40.0 Å². The van der Waals surface area contributed by atoms with Crippen molar-refractivity contribution in [1.82, 2.24) is 14.7 Å².